The highest BCUT2D eigenvalue weighted by atomic mass is 32.2. The average Bonchev–Trinajstić information content (AvgIpc) is 2.85. The number of aryl methyl sites for hydroxylation is 1. The Bertz CT molecular complexity index is 678. The second-order valence-corrected chi connectivity index (χ2v) is 5.37. The summed E-state index contributed by atoms with van der Waals surface area (Å²) in [6.45, 7) is 1.55. The molecule has 112 valence electrons. The Balaban J connectivity index is 2.08. The van der Waals surface area contributed by atoms with Crippen LogP contribution in [0.1, 0.15) is 6.92 Å². The lowest BCUT2D eigenvalue weighted by Gasteiger charge is -2.11. The van der Waals surface area contributed by atoms with Crippen molar-refractivity contribution in [3.8, 4) is 0 Å². The van der Waals surface area contributed by atoms with Crippen LogP contribution in [-0.4, -0.2) is 31.4 Å². The molecular weight excluding hydrogens is 307 g/mol. The first-order chi connectivity index (χ1) is 9.90. The van der Waals surface area contributed by atoms with Gasteiger partial charge in [-0.25, -0.2) is 17.9 Å². The zero-order valence-electron chi connectivity index (χ0n) is 11.0. The molecule has 0 fully saturated rings. The largest absolute Gasteiger partial charge is 0.323 e. The van der Waals surface area contributed by atoms with Crippen LogP contribution in [0.5, 0.6) is 0 Å². The van der Waals surface area contributed by atoms with E-state index >= 15 is 0 Å². The molecule has 1 amide bonds. The summed E-state index contributed by atoms with van der Waals surface area (Å²) in [4.78, 5) is 11.9. The van der Waals surface area contributed by atoms with Crippen LogP contribution < -0.4 is 5.32 Å². The maximum Gasteiger partial charge on any atom is 0.237 e. The van der Waals surface area contributed by atoms with Gasteiger partial charge in [0.2, 0.25) is 11.1 Å². The molecule has 0 spiro atoms. The van der Waals surface area contributed by atoms with E-state index in [1.165, 1.54) is 4.68 Å². The van der Waals surface area contributed by atoms with E-state index in [4.69, 9.17) is 0 Å². The average molecular weight is 317 g/mol. The minimum absolute atomic E-state index is 0.392. The molecule has 10 heteroatoms. The third-order valence-electron chi connectivity index (χ3n) is 2.53. The number of thioether (sulfide) groups is 1. The zero-order valence-corrected chi connectivity index (χ0v) is 11.8. The topological polar surface area (TPSA) is 72.7 Å². The fraction of sp³-hybridized carbons (Fsp3) is 0.273. The van der Waals surface area contributed by atoms with Gasteiger partial charge in [0, 0.05) is 7.05 Å². The SMILES string of the molecule is C[C@H](Sc1nnnn1C)C(=O)Nc1ccc(F)c(F)c1F. The molecule has 0 saturated heterocycles. The summed E-state index contributed by atoms with van der Waals surface area (Å²) in [6.07, 6.45) is 0. The molecule has 2 aromatic rings. The first-order valence-electron chi connectivity index (χ1n) is 5.73. The Morgan fingerprint density at radius 1 is 1.33 bits per heavy atom. The van der Waals surface area contributed by atoms with Crippen LogP contribution in [0.2, 0.25) is 0 Å². The number of tetrazole rings is 1. The van der Waals surface area contributed by atoms with Crippen LogP contribution in [0, 0.1) is 17.5 Å². The fourth-order valence-electron chi connectivity index (χ4n) is 1.39. The van der Waals surface area contributed by atoms with E-state index in [-0.39, 0.29) is 0 Å². The molecule has 0 radical (unpaired) electrons. The van der Waals surface area contributed by atoms with Crippen LogP contribution in [0.15, 0.2) is 17.3 Å². The zero-order chi connectivity index (χ0) is 15.6. The summed E-state index contributed by atoms with van der Waals surface area (Å²) in [6, 6.07) is 1.69. The van der Waals surface area contributed by atoms with Gasteiger partial charge in [0.15, 0.2) is 17.5 Å². The molecule has 6 nitrogen and oxygen atoms in total. The number of hydrogen-bond acceptors (Lipinski definition) is 5. The summed E-state index contributed by atoms with van der Waals surface area (Å²) < 4.78 is 40.7. The highest BCUT2D eigenvalue weighted by Gasteiger charge is 2.20. The Hall–Kier alpha value is -2.10. The van der Waals surface area contributed by atoms with Crippen LogP contribution in [0.25, 0.3) is 0 Å². The number of carbonyl (C=O) groups is 1. The number of nitrogens with zero attached hydrogens (tertiary/aromatic N) is 4. The molecule has 0 aliphatic rings. The number of hydrogen-bond donors (Lipinski definition) is 1. The maximum atomic E-state index is 13.5. The Labute approximate surface area is 121 Å². The van der Waals surface area contributed by atoms with Gasteiger partial charge in [0.25, 0.3) is 0 Å². The second-order valence-electron chi connectivity index (χ2n) is 4.06. The summed E-state index contributed by atoms with van der Waals surface area (Å²) >= 11 is 1.04. The summed E-state index contributed by atoms with van der Waals surface area (Å²) in [5.74, 6) is -4.99. The van der Waals surface area contributed by atoms with Crippen molar-refractivity contribution < 1.29 is 18.0 Å². The van der Waals surface area contributed by atoms with Crippen molar-refractivity contribution in [1.82, 2.24) is 20.2 Å². The number of rotatable bonds is 4. The van der Waals surface area contributed by atoms with Crippen LogP contribution in [-0.2, 0) is 11.8 Å². The fourth-order valence-corrected chi connectivity index (χ4v) is 2.14. The van der Waals surface area contributed by atoms with E-state index in [9.17, 15) is 18.0 Å². The molecule has 21 heavy (non-hydrogen) atoms. The van der Waals surface area contributed by atoms with Crippen molar-refractivity contribution in [2.75, 3.05) is 5.32 Å². The predicted octanol–water partition coefficient (Wildman–Crippen LogP) is 1.75. The Kier molecular flexibility index (Phi) is 4.46. The first-order valence-corrected chi connectivity index (χ1v) is 6.61. The predicted molar refractivity (Wildman–Crippen MR) is 69.1 cm³/mol. The molecule has 1 aromatic heterocycles. The standard InChI is InChI=1S/C11H10F3N5OS/c1-5(21-11-16-17-18-19(11)2)10(20)15-7-4-3-6(12)8(13)9(7)14/h3-5H,1-2H3,(H,15,20)/t5-/m0/s1. The smallest absolute Gasteiger partial charge is 0.237 e. The lowest BCUT2D eigenvalue weighted by Crippen LogP contribution is -2.23. The van der Waals surface area contributed by atoms with Crippen molar-refractivity contribution >= 4 is 23.4 Å². The van der Waals surface area contributed by atoms with E-state index in [1.807, 2.05) is 0 Å². The van der Waals surface area contributed by atoms with Gasteiger partial charge >= 0.3 is 0 Å². The van der Waals surface area contributed by atoms with Gasteiger partial charge in [-0.1, -0.05) is 11.8 Å². The maximum absolute atomic E-state index is 13.5. The summed E-state index contributed by atoms with van der Waals surface area (Å²) in [5, 5.41) is 12.6. The molecule has 1 aromatic carbocycles. The van der Waals surface area contributed by atoms with E-state index in [2.05, 4.69) is 20.8 Å². The lowest BCUT2D eigenvalue weighted by molar-refractivity contribution is -0.115. The van der Waals surface area contributed by atoms with E-state index in [0.29, 0.717) is 5.16 Å². The van der Waals surface area contributed by atoms with E-state index in [0.717, 1.165) is 23.9 Å². The first kappa shape index (κ1) is 15.3. The molecule has 0 saturated carbocycles. The number of halogens is 3. The van der Waals surface area contributed by atoms with E-state index < -0.39 is 34.3 Å². The highest BCUT2D eigenvalue weighted by Crippen LogP contribution is 2.23. The minimum Gasteiger partial charge on any atom is -0.323 e. The Morgan fingerprint density at radius 3 is 2.67 bits per heavy atom. The lowest BCUT2D eigenvalue weighted by atomic mass is 10.2. The molecule has 2 rings (SSSR count). The van der Waals surface area contributed by atoms with Crippen molar-refractivity contribution in [1.29, 1.82) is 0 Å². The van der Waals surface area contributed by atoms with Gasteiger partial charge in [-0.15, -0.1) is 5.10 Å². The third-order valence-corrected chi connectivity index (χ3v) is 3.65. The van der Waals surface area contributed by atoms with Crippen LogP contribution in [0.3, 0.4) is 0 Å². The van der Waals surface area contributed by atoms with Crippen molar-refractivity contribution in [2.45, 2.75) is 17.3 Å². The molecule has 0 aliphatic heterocycles. The van der Waals surface area contributed by atoms with Gasteiger partial charge < -0.3 is 5.32 Å². The van der Waals surface area contributed by atoms with Crippen LogP contribution in [0.4, 0.5) is 18.9 Å². The van der Waals surface area contributed by atoms with Gasteiger partial charge in [0.05, 0.1) is 10.9 Å². The Morgan fingerprint density at radius 2 is 2.05 bits per heavy atom. The van der Waals surface area contributed by atoms with Gasteiger partial charge in [0.1, 0.15) is 0 Å². The highest BCUT2D eigenvalue weighted by molar-refractivity contribution is 8.00. The van der Waals surface area contributed by atoms with Crippen molar-refractivity contribution in [3.05, 3.63) is 29.6 Å². The third kappa shape index (κ3) is 3.32. The monoisotopic (exact) mass is 317 g/mol. The second kappa shape index (κ2) is 6.12. The number of benzene rings is 1. The number of carbonyl (C=O) groups excluding carboxylic acids is 1. The molecule has 1 heterocycles. The summed E-state index contributed by atoms with van der Waals surface area (Å²) in [7, 11) is 1.60. The van der Waals surface area contributed by atoms with Gasteiger partial charge in [-0.3, -0.25) is 4.79 Å². The molecular formula is C11H10F3N5OS. The number of anilines is 1. The number of nitrogens with one attached hydrogen (secondary N) is 1. The van der Waals surface area contributed by atoms with Crippen LogP contribution >= 0.6 is 11.8 Å². The normalized spacial score (nSPS) is 12.2. The molecule has 0 aliphatic carbocycles. The molecule has 0 unspecified atom stereocenters. The molecule has 1 atom stereocenters. The minimum atomic E-state index is -1.63. The van der Waals surface area contributed by atoms with Gasteiger partial charge in [-0.2, -0.15) is 0 Å². The van der Waals surface area contributed by atoms with Gasteiger partial charge in [-0.05, 0) is 29.5 Å². The molecule has 1 N–H and O–H groups in total. The molecule has 0 bridgehead atoms. The number of aromatic nitrogens is 4. The van der Waals surface area contributed by atoms with Crippen molar-refractivity contribution in [2.24, 2.45) is 7.05 Å². The summed E-state index contributed by atoms with van der Waals surface area (Å²) in [5.41, 5.74) is -0.428. The van der Waals surface area contributed by atoms with E-state index in [1.54, 1.807) is 14.0 Å². The van der Waals surface area contributed by atoms with Crippen molar-refractivity contribution in [3.63, 3.8) is 0 Å². The number of amides is 1. The quantitative estimate of drug-likeness (QED) is 0.687.